The Morgan fingerprint density at radius 3 is 2.87 bits per heavy atom. The molecule has 1 aliphatic rings. The van der Waals surface area contributed by atoms with Crippen molar-refractivity contribution >= 4 is 34.2 Å². The Kier molecular flexibility index (Phi) is 5.02. The number of sulfone groups is 1. The summed E-state index contributed by atoms with van der Waals surface area (Å²) in [6, 6.07) is 0. The summed E-state index contributed by atoms with van der Waals surface area (Å²) >= 11 is 5.84. The van der Waals surface area contributed by atoms with Gasteiger partial charge in [-0.3, -0.25) is 4.90 Å². The first-order valence-electron chi connectivity index (χ1n) is 4.73. The largest absolute Gasteiger partial charge is 0.282 e. The van der Waals surface area contributed by atoms with Crippen LogP contribution in [-0.2, 0) is 9.84 Å². The molecule has 1 saturated heterocycles. The summed E-state index contributed by atoms with van der Waals surface area (Å²) in [4.78, 5) is 1.99. The minimum absolute atomic E-state index is 0.354. The van der Waals surface area contributed by atoms with E-state index in [0.29, 0.717) is 18.1 Å². The van der Waals surface area contributed by atoms with Crippen LogP contribution in [0.2, 0.25) is 0 Å². The predicted octanol–water partition coefficient (Wildman–Crippen LogP) is 0.892. The second-order valence-corrected chi connectivity index (χ2v) is 7.41. The van der Waals surface area contributed by atoms with Gasteiger partial charge in [0.1, 0.15) is 5.37 Å². The fraction of sp³-hybridized carbons (Fsp3) is 0.778. The Labute approximate surface area is 102 Å². The first kappa shape index (κ1) is 13.4. The maximum Gasteiger partial charge on any atom is 0.164 e. The van der Waals surface area contributed by atoms with Crippen molar-refractivity contribution in [3.8, 4) is 0 Å². The van der Waals surface area contributed by atoms with Gasteiger partial charge >= 0.3 is 0 Å². The van der Waals surface area contributed by atoms with Crippen LogP contribution in [0.1, 0.15) is 0 Å². The van der Waals surface area contributed by atoms with Crippen LogP contribution in [-0.4, -0.2) is 55.3 Å². The van der Waals surface area contributed by atoms with E-state index in [1.54, 1.807) is 11.8 Å². The summed E-state index contributed by atoms with van der Waals surface area (Å²) in [6.45, 7) is 5.32. The van der Waals surface area contributed by atoms with Crippen molar-refractivity contribution in [3.63, 3.8) is 0 Å². The maximum absolute atomic E-state index is 11.6. The Bertz CT molecular complexity index is 326. The third-order valence-corrected chi connectivity index (χ3v) is 5.47. The molecule has 0 aliphatic carbocycles. The zero-order valence-electron chi connectivity index (χ0n) is 8.85. The van der Waals surface area contributed by atoms with Crippen LogP contribution in [0.4, 0.5) is 0 Å². The van der Waals surface area contributed by atoms with Crippen molar-refractivity contribution in [2.45, 2.75) is 5.37 Å². The zero-order valence-corrected chi connectivity index (χ0v) is 11.4. The van der Waals surface area contributed by atoms with E-state index >= 15 is 0 Å². The molecule has 1 atom stereocenters. The molecule has 0 radical (unpaired) electrons. The number of hydrogen-bond acceptors (Lipinski definition) is 5. The van der Waals surface area contributed by atoms with Gasteiger partial charge in [-0.25, -0.2) is 8.42 Å². The van der Waals surface area contributed by atoms with Gasteiger partial charge < -0.3 is 0 Å². The van der Waals surface area contributed by atoms with E-state index in [9.17, 15) is 8.42 Å². The Hall–Kier alpha value is 0.350. The van der Waals surface area contributed by atoms with Crippen molar-refractivity contribution in [2.75, 3.05) is 36.6 Å². The number of rotatable bonds is 4. The molecule has 0 amide bonds. The lowest BCUT2D eigenvalue weighted by atomic mass is 10.3. The van der Waals surface area contributed by atoms with Gasteiger partial charge in [0.05, 0.1) is 0 Å². The summed E-state index contributed by atoms with van der Waals surface area (Å²) in [6.07, 6.45) is 1.31. The fourth-order valence-corrected chi connectivity index (χ4v) is 4.57. The highest BCUT2D eigenvalue weighted by molar-refractivity contribution is 8.00. The van der Waals surface area contributed by atoms with Crippen LogP contribution in [0.5, 0.6) is 0 Å². The van der Waals surface area contributed by atoms with Gasteiger partial charge in [0, 0.05) is 36.6 Å². The van der Waals surface area contributed by atoms with Crippen molar-refractivity contribution in [1.82, 2.24) is 4.90 Å². The fourth-order valence-electron chi connectivity index (χ4n) is 1.53. The molecule has 0 bridgehead atoms. The first-order valence-corrected chi connectivity index (χ1v) is 8.47. The van der Waals surface area contributed by atoms with E-state index in [4.69, 9.17) is 0 Å². The van der Waals surface area contributed by atoms with Crippen LogP contribution in [0.15, 0.2) is 12.2 Å². The highest BCUT2D eigenvalue weighted by Crippen LogP contribution is 2.21. The molecule has 0 saturated carbocycles. The lowest BCUT2D eigenvalue weighted by molar-refractivity contribution is 0.294. The first-order chi connectivity index (χ1) is 6.95. The molecule has 88 valence electrons. The second kappa shape index (κ2) is 5.61. The molecule has 1 fully saturated rings. The van der Waals surface area contributed by atoms with Gasteiger partial charge in [-0.15, -0.1) is 0 Å². The monoisotopic (exact) mass is 267 g/mol. The molecule has 1 aliphatic heterocycles. The molecule has 1 heterocycles. The van der Waals surface area contributed by atoms with Gasteiger partial charge in [-0.05, 0) is 0 Å². The maximum atomic E-state index is 11.6. The van der Waals surface area contributed by atoms with Gasteiger partial charge in [-0.1, -0.05) is 12.2 Å². The Morgan fingerprint density at radius 1 is 1.67 bits per heavy atom. The smallest absolute Gasteiger partial charge is 0.164 e. The highest BCUT2D eigenvalue weighted by Gasteiger charge is 2.30. The number of thioether (sulfide) groups is 1. The van der Waals surface area contributed by atoms with Crippen LogP contribution >= 0.6 is 24.4 Å². The Morgan fingerprint density at radius 2 is 2.33 bits per heavy atom. The molecule has 0 aromatic carbocycles. The molecule has 1 rings (SSSR count). The van der Waals surface area contributed by atoms with Gasteiger partial charge in [-0.2, -0.15) is 24.4 Å². The molecular formula is C9H17NO2S3. The lowest BCUT2D eigenvalue weighted by Gasteiger charge is -2.34. The summed E-state index contributed by atoms with van der Waals surface area (Å²) in [5, 5.41) is -0.354. The molecule has 0 aromatic rings. The zero-order chi connectivity index (χ0) is 11.5. The van der Waals surface area contributed by atoms with E-state index in [-0.39, 0.29) is 5.37 Å². The van der Waals surface area contributed by atoms with Gasteiger partial charge in [0.25, 0.3) is 0 Å². The Balaban J connectivity index is 2.70. The second-order valence-electron chi connectivity index (χ2n) is 3.74. The molecule has 3 nitrogen and oxygen atoms in total. The molecular weight excluding hydrogens is 250 g/mol. The SMILES string of the molecule is C=C(CS)CN1CCSCC1S(C)(=O)=O. The van der Waals surface area contributed by atoms with Crippen molar-refractivity contribution in [1.29, 1.82) is 0 Å². The topological polar surface area (TPSA) is 37.4 Å². The standard InChI is InChI=1S/C9H17NO2S3/c1-8(6-13)5-10-3-4-14-7-9(10)15(2,11)12/h9,13H,1,3-7H2,2H3. The van der Waals surface area contributed by atoms with Crippen molar-refractivity contribution in [2.24, 2.45) is 0 Å². The summed E-state index contributed by atoms with van der Waals surface area (Å²) in [7, 11) is -2.99. The lowest BCUT2D eigenvalue weighted by Crippen LogP contribution is -2.47. The molecule has 6 heteroatoms. The highest BCUT2D eigenvalue weighted by atomic mass is 32.2. The van der Waals surface area contributed by atoms with Crippen LogP contribution < -0.4 is 0 Å². The van der Waals surface area contributed by atoms with Crippen LogP contribution in [0, 0.1) is 0 Å². The van der Waals surface area contributed by atoms with Gasteiger partial charge in [0.2, 0.25) is 0 Å². The quantitative estimate of drug-likeness (QED) is 0.606. The van der Waals surface area contributed by atoms with E-state index in [2.05, 4.69) is 19.2 Å². The van der Waals surface area contributed by atoms with Crippen LogP contribution in [0.3, 0.4) is 0 Å². The van der Waals surface area contributed by atoms with Crippen molar-refractivity contribution < 1.29 is 8.42 Å². The van der Waals surface area contributed by atoms with E-state index in [1.165, 1.54) is 6.26 Å². The average Bonchev–Trinajstić information content (AvgIpc) is 2.17. The molecule has 0 aromatic heterocycles. The number of nitrogens with zero attached hydrogens (tertiary/aromatic N) is 1. The van der Waals surface area contributed by atoms with E-state index in [0.717, 1.165) is 17.9 Å². The average molecular weight is 267 g/mol. The minimum Gasteiger partial charge on any atom is -0.282 e. The molecule has 0 N–H and O–H groups in total. The normalized spacial score (nSPS) is 24.0. The molecule has 1 unspecified atom stereocenters. The number of thiol groups is 1. The van der Waals surface area contributed by atoms with E-state index in [1.807, 2.05) is 4.90 Å². The third-order valence-electron chi connectivity index (χ3n) is 2.34. The summed E-state index contributed by atoms with van der Waals surface area (Å²) in [5.41, 5.74) is 0.971. The summed E-state index contributed by atoms with van der Waals surface area (Å²) < 4.78 is 23.1. The van der Waals surface area contributed by atoms with Gasteiger partial charge in [0.15, 0.2) is 9.84 Å². The minimum atomic E-state index is -2.99. The molecule has 0 spiro atoms. The van der Waals surface area contributed by atoms with Crippen LogP contribution in [0.25, 0.3) is 0 Å². The summed E-state index contributed by atoms with van der Waals surface area (Å²) in [5.74, 6) is 2.27. The van der Waals surface area contributed by atoms with E-state index < -0.39 is 9.84 Å². The molecule has 15 heavy (non-hydrogen) atoms. The van der Waals surface area contributed by atoms with Crippen molar-refractivity contribution in [3.05, 3.63) is 12.2 Å². The number of hydrogen-bond donors (Lipinski definition) is 1. The third kappa shape index (κ3) is 4.01. The predicted molar refractivity (Wildman–Crippen MR) is 70.5 cm³/mol.